The molecular weight excluding hydrogens is 355 g/mol. The molecule has 0 fully saturated rings. The summed E-state index contributed by atoms with van der Waals surface area (Å²) in [5.41, 5.74) is 1.72. The number of nitrogens with one attached hydrogen (secondary N) is 1. The zero-order valence-corrected chi connectivity index (χ0v) is 13.1. The molecule has 0 amide bonds. The number of hydrogen-bond donors (Lipinski definition) is 2. The van der Waals surface area contributed by atoms with Gasteiger partial charge in [-0.3, -0.25) is 4.79 Å². The van der Waals surface area contributed by atoms with E-state index in [1.165, 1.54) is 5.56 Å². The first-order valence-electron chi connectivity index (χ1n) is 5.89. The van der Waals surface area contributed by atoms with E-state index in [1.807, 2.05) is 24.3 Å². The minimum Gasteiger partial charge on any atom is -0.492 e. The average Bonchev–Trinajstić information content (AvgIpc) is 2.34. The maximum atomic E-state index is 11.6. The highest BCUT2D eigenvalue weighted by Gasteiger charge is 2.14. The first kappa shape index (κ1) is 14.0. The van der Waals surface area contributed by atoms with E-state index >= 15 is 0 Å². The molecule has 0 aliphatic carbocycles. The molecule has 0 saturated heterocycles. The van der Waals surface area contributed by atoms with Crippen molar-refractivity contribution in [3.8, 4) is 17.3 Å². The van der Waals surface area contributed by atoms with Gasteiger partial charge < -0.3 is 10.1 Å². The molecule has 1 aromatic carbocycles. The normalized spacial score (nSPS) is 11.6. The van der Waals surface area contributed by atoms with Gasteiger partial charge in [0.05, 0.1) is 0 Å². The zero-order chi connectivity index (χ0) is 14.2. The summed E-state index contributed by atoms with van der Waals surface area (Å²) >= 11 is 1.76. The number of hydrogen-bond acceptors (Lipinski definition) is 3. The van der Waals surface area contributed by atoms with Gasteiger partial charge in [-0.15, -0.1) is 0 Å². The Bertz CT molecular complexity index is 655. The van der Waals surface area contributed by atoms with E-state index in [4.69, 9.17) is 0 Å². The molecule has 0 unspecified atom stereocenters. The minimum atomic E-state index is -0.331. The van der Waals surface area contributed by atoms with Crippen molar-refractivity contribution in [1.29, 1.82) is 0 Å². The Morgan fingerprint density at radius 3 is 2.26 bits per heavy atom. The number of halogens is 1. The maximum absolute atomic E-state index is 11.6. The van der Waals surface area contributed by atoms with Crippen LogP contribution in [0.5, 0.6) is 5.88 Å². The Balaban J connectivity index is 2.46. The van der Waals surface area contributed by atoms with Crippen molar-refractivity contribution >= 4 is 22.6 Å². The van der Waals surface area contributed by atoms with E-state index in [-0.39, 0.29) is 20.4 Å². The van der Waals surface area contributed by atoms with Gasteiger partial charge in [-0.05, 0) is 33.6 Å². The van der Waals surface area contributed by atoms with Crippen LogP contribution in [0, 0.1) is 3.57 Å². The Labute approximate surface area is 125 Å². The Hall–Kier alpha value is -1.37. The molecule has 0 aliphatic rings. The van der Waals surface area contributed by atoms with Crippen molar-refractivity contribution in [2.45, 2.75) is 26.2 Å². The van der Waals surface area contributed by atoms with Gasteiger partial charge in [0.15, 0.2) is 0 Å². The van der Waals surface area contributed by atoms with E-state index in [0.29, 0.717) is 5.82 Å². The van der Waals surface area contributed by atoms with Gasteiger partial charge in [0, 0.05) is 5.56 Å². The van der Waals surface area contributed by atoms with Gasteiger partial charge in [-0.1, -0.05) is 45.0 Å². The summed E-state index contributed by atoms with van der Waals surface area (Å²) in [6, 6.07) is 7.80. The van der Waals surface area contributed by atoms with Crippen molar-refractivity contribution in [2.75, 3.05) is 0 Å². The number of benzene rings is 1. The molecule has 0 atom stereocenters. The molecule has 2 rings (SSSR count). The highest BCUT2D eigenvalue weighted by atomic mass is 127. The molecule has 0 spiro atoms. The van der Waals surface area contributed by atoms with Crippen LogP contribution in [0.3, 0.4) is 0 Å². The summed E-state index contributed by atoms with van der Waals surface area (Å²) in [5.74, 6) is 0.141. The molecule has 0 aliphatic heterocycles. The van der Waals surface area contributed by atoms with Gasteiger partial charge >= 0.3 is 0 Å². The highest BCUT2D eigenvalue weighted by molar-refractivity contribution is 14.1. The van der Waals surface area contributed by atoms with Crippen molar-refractivity contribution < 1.29 is 5.11 Å². The lowest BCUT2D eigenvalue weighted by atomic mass is 9.87. The van der Waals surface area contributed by atoms with E-state index in [9.17, 15) is 9.90 Å². The molecule has 2 aromatic rings. The van der Waals surface area contributed by atoms with Crippen molar-refractivity contribution in [2.24, 2.45) is 0 Å². The quantitative estimate of drug-likeness (QED) is 0.759. The fourth-order valence-electron chi connectivity index (χ4n) is 1.71. The van der Waals surface area contributed by atoms with Crippen molar-refractivity contribution in [1.82, 2.24) is 9.97 Å². The van der Waals surface area contributed by atoms with Crippen molar-refractivity contribution in [3.05, 3.63) is 43.8 Å². The van der Waals surface area contributed by atoms with Gasteiger partial charge in [-0.2, -0.15) is 4.98 Å². The molecule has 0 bridgehead atoms. The van der Waals surface area contributed by atoms with Crippen LogP contribution in [0.1, 0.15) is 26.3 Å². The summed E-state index contributed by atoms with van der Waals surface area (Å²) in [5, 5.41) is 9.59. The van der Waals surface area contributed by atoms with Crippen LogP contribution in [0.2, 0.25) is 0 Å². The topological polar surface area (TPSA) is 66.0 Å². The van der Waals surface area contributed by atoms with Crippen LogP contribution in [-0.2, 0) is 5.41 Å². The third kappa shape index (κ3) is 2.97. The van der Waals surface area contributed by atoms with Crippen LogP contribution in [0.15, 0.2) is 29.1 Å². The predicted molar refractivity (Wildman–Crippen MR) is 83.4 cm³/mol. The van der Waals surface area contributed by atoms with Gasteiger partial charge in [-0.25, -0.2) is 0 Å². The number of aromatic hydroxyl groups is 1. The minimum absolute atomic E-state index is 0.0770. The van der Waals surface area contributed by atoms with Crippen LogP contribution < -0.4 is 5.56 Å². The summed E-state index contributed by atoms with van der Waals surface area (Å²) in [6.07, 6.45) is 0. The number of nitrogens with zero attached hydrogens (tertiary/aromatic N) is 1. The molecular formula is C14H15IN2O2. The lowest BCUT2D eigenvalue weighted by Crippen LogP contribution is -2.13. The highest BCUT2D eigenvalue weighted by Crippen LogP contribution is 2.25. The number of rotatable bonds is 1. The molecule has 2 N–H and O–H groups in total. The number of aromatic nitrogens is 2. The van der Waals surface area contributed by atoms with Gasteiger partial charge in [0.2, 0.25) is 5.88 Å². The molecule has 4 nitrogen and oxygen atoms in total. The molecule has 0 radical (unpaired) electrons. The fourth-order valence-corrected chi connectivity index (χ4v) is 1.97. The molecule has 19 heavy (non-hydrogen) atoms. The van der Waals surface area contributed by atoms with Crippen LogP contribution >= 0.6 is 22.6 Å². The van der Waals surface area contributed by atoms with E-state index in [1.54, 1.807) is 22.6 Å². The summed E-state index contributed by atoms with van der Waals surface area (Å²) in [6.45, 7) is 6.41. The molecule has 100 valence electrons. The summed E-state index contributed by atoms with van der Waals surface area (Å²) < 4.78 is 0.202. The van der Waals surface area contributed by atoms with Crippen LogP contribution in [0.25, 0.3) is 11.4 Å². The van der Waals surface area contributed by atoms with Crippen molar-refractivity contribution in [3.63, 3.8) is 0 Å². The largest absolute Gasteiger partial charge is 0.492 e. The lowest BCUT2D eigenvalue weighted by Gasteiger charge is -2.19. The smallest absolute Gasteiger partial charge is 0.268 e. The van der Waals surface area contributed by atoms with E-state index in [2.05, 4.69) is 30.7 Å². The summed E-state index contributed by atoms with van der Waals surface area (Å²) in [4.78, 5) is 18.2. The van der Waals surface area contributed by atoms with Gasteiger partial charge in [0.25, 0.3) is 5.56 Å². The van der Waals surface area contributed by atoms with Crippen LogP contribution in [-0.4, -0.2) is 15.1 Å². The molecule has 0 saturated carbocycles. The number of H-pyrrole nitrogens is 1. The second kappa shape index (κ2) is 4.96. The maximum Gasteiger partial charge on any atom is 0.268 e. The predicted octanol–water partition coefficient (Wildman–Crippen LogP) is 3.04. The SMILES string of the molecule is CC(C)(C)c1ccc(-c2nc(O)c(I)c(=O)[nH]2)cc1. The van der Waals surface area contributed by atoms with E-state index in [0.717, 1.165) is 5.56 Å². The standard InChI is InChI=1S/C14H15IN2O2/c1-14(2,3)9-6-4-8(5-7-9)11-16-12(18)10(15)13(19)17-11/h4-7H,1-3H3,(H2,16,17,18,19). The average molecular weight is 370 g/mol. The Kier molecular flexibility index (Phi) is 3.66. The molecule has 1 aromatic heterocycles. The molecule has 1 heterocycles. The third-order valence-corrected chi connectivity index (χ3v) is 3.84. The second-order valence-corrected chi connectivity index (χ2v) is 6.46. The van der Waals surface area contributed by atoms with E-state index < -0.39 is 0 Å². The Morgan fingerprint density at radius 1 is 1.21 bits per heavy atom. The number of aromatic amines is 1. The first-order chi connectivity index (χ1) is 8.79. The second-order valence-electron chi connectivity index (χ2n) is 5.38. The van der Waals surface area contributed by atoms with Crippen LogP contribution in [0.4, 0.5) is 0 Å². The summed E-state index contributed by atoms with van der Waals surface area (Å²) in [7, 11) is 0. The molecule has 5 heteroatoms. The third-order valence-electron chi connectivity index (χ3n) is 2.87. The lowest BCUT2D eigenvalue weighted by molar-refractivity contribution is 0.447. The first-order valence-corrected chi connectivity index (χ1v) is 6.96. The zero-order valence-electron chi connectivity index (χ0n) is 11.0. The fraction of sp³-hybridized carbons (Fsp3) is 0.286. The monoisotopic (exact) mass is 370 g/mol. The van der Waals surface area contributed by atoms with Gasteiger partial charge in [0.1, 0.15) is 9.39 Å². The Morgan fingerprint density at radius 2 is 1.79 bits per heavy atom.